The summed E-state index contributed by atoms with van der Waals surface area (Å²) in [5.74, 6) is 1.20. The third-order valence-electron chi connectivity index (χ3n) is 3.47. The third kappa shape index (κ3) is 3.17. The molecule has 0 saturated heterocycles. The van der Waals surface area contributed by atoms with E-state index in [4.69, 9.17) is 0 Å². The number of nitrogens with one attached hydrogen (secondary N) is 1. The van der Waals surface area contributed by atoms with E-state index in [-0.39, 0.29) is 0 Å². The Kier molecular flexibility index (Phi) is 4.35. The Balaban J connectivity index is 1.99. The summed E-state index contributed by atoms with van der Waals surface area (Å²) < 4.78 is 0. The average molecular weight is 250 g/mol. The minimum atomic E-state index is 0.636. The third-order valence-corrected chi connectivity index (χ3v) is 4.29. The topological polar surface area (TPSA) is 15.3 Å². The summed E-state index contributed by atoms with van der Waals surface area (Å²) >= 11 is 1.92. The van der Waals surface area contributed by atoms with E-state index in [1.54, 1.807) is 0 Å². The molecular formula is C14H22N2S. The smallest absolute Gasteiger partial charge is 0.0373 e. The lowest BCUT2D eigenvalue weighted by Gasteiger charge is -2.24. The lowest BCUT2D eigenvalue weighted by molar-refractivity contribution is 0.269. The highest BCUT2D eigenvalue weighted by molar-refractivity contribution is 7.98. The fourth-order valence-corrected chi connectivity index (χ4v) is 3.01. The molecule has 94 valence electrons. The van der Waals surface area contributed by atoms with Gasteiger partial charge in [0.05, 0.1) is 0 Å². The van der Waals surface area contributed by atoms with E-state index in [0.29, 0.717) is 6.04 Å². The summed E-state index contributed by atoms with van der Waals surface area (Å²) in [7, 11) is 2.21. The van der Waals surface area contributed by atoms with Gasteiger partial charge in [-0.2, -0.15) is 11.8 Å². The minimum Gasteiger partial charge on any atom is -0.384 e. The molecule has 17 heavy (non-hydrogen) atoms. The Bertz CT molecular complexity index is 378. The largest absolute Gasteiger partial charge is 0.384 e. The molecule has 0 amide bonds. The quantitative estimate of drug-likeness (QED) is 0.865. The maximum atomic E-state index is 3.41. The van der Waals surface area contributed by atoms with E-state index >= 15 is 0 Å². The van der Waals surface area contributed by atoms with Crippen molar-refractivity contribution in [2.75, 3.05) is 30.9 Å². The number of thioether (sulfide) groups is 1. The molecule has 2 rings (SSSR count). The van der Waals surface area contributed by atoms with Crippen molar-refractivity contribution in [1.29, 1.82) is 0 Å². The maximum Gasteiger partial charge on any atom is 0.0373 e. The standard InChI is InChI=1S/C14H22N2S/c1-11(10-17-3)16(2)9-12-4-5-14-13(8-12)6-7-15-14/h4-5,8,11,15H,6-7,9-10H2,1-3H3. The van der Waals surface area contributed by atoms with Crippen LogP contribution in [-0.4, -0.2) is 36.5 Å². The van der Waals surface area contributed by atoms with Crippen molar-refractivity contribution in [3.63, 3.8) is 0 Å². The van der Waals surface area contributed by atoms with Crippen LogP contribution >= 0.6 is 11.8 Å². The van der Waals surface area contributed by atoms with E-state index in [2.05, 4.69) is 48.6 Å². The molecule has 1 unspecified atom stereocenters. The molecule has 1 heterocycles. The van der Waals surface area contributed by atoms with Gasteiger partial charge in [-0.3, -0.25) is 4.90 Å². The van der Waals surface area contributed by atoms with E-state index < -0.39 is 0 Å². The molecule has 1 atom stereocenters. The van der Waals surface area contributed by atoms with Crippen LogP contribution in [-0.2, 0) is 13.0 Å². The summed E-state index contributed by atoms with van der Waals surface area (Å²) in [6, 6.07) is 7.47. The van der Waals surface area contributed by atoms with Crippen molar-refractivity contribution in [2.45, 2.75) is 25.9 Å². The minimum absolute atomic E-state index is 0.636. The molecule has 1 N–H and O–H groups in total. The Morgan fingerprint density at radius 3 is 3.06 bits per heavy atom. The highest BCUT2D eigenvalue weighted by atomic mass is 32.2. The highest BCUT2D eigenvalue weighted by Crippen LogP contribution is 2.23. The number of hydrogen-bond donors (Lipinski definition) is 1. The maximum absolute atomic E-state index is 3.41. The fourth-order valence-electron chi connectivity index (χ4n) is 2.27. The van der Waals surface area contributed by atoms with Crippen molar-refractivity contribution in [2.24, 2.45) is 0 Å². The number of fused-ring (bicyclic) bond motifs is 1. The Labute approximate surface area is 109 Å². The Morgan fingerprint density at radius 2 is 2.29 bits per heavy atom. The van der Waals surface area contributed by atoms with Crippen molar-refractivity contribution >= 4 is 17.4 Å². The summed E-state index contributed by atoms with van der Waals surface area (Å²) in [6.07, 6.45) is 3.35. The second-order valence-electron chi connectivity index (χ2n) is 4.89. The van der Waals surface area contributed by atoms with Gasteiger partial charge in [0.25, 0.3) is 0 Å². The molecule has 1 aromatic rings. The zero-order chi connectivity index (χ0) is 12.3. The normalized spacial score (nSPS) is 15.8. The van der Waals surface area contributed by atoms with Crippen LogP contribution in [0.2, 0.25) is 0 Å². The monoisotopic (exact) mass is 250 g/mol. The number of nitrogens with zero attached hydrogens (tertiary/aromatic N) is 1. The van der Waals surface area contributed by atoms with Crippen molar-refractivity contribution in [1.82, 2.24) is 4.90 Å². The molecule has 1 aliphatic heterocycles. The van der Waals surface area contributed by atoms with E-state index in [1.165, 1.54) is 29.0 Å². The molecule has 0 radical (unpaired) electrons. The van der Waals surface area contributed by atoms with Crippen molar-refractivity contribution in [3.8, 4) is 0 Å². The van der Waals surface area contributed by atoms with Gasteiger partial charge in [0.2, 0.25) is 0 Å². The van der Waals surface area contributed by atoms with Crippen LogP contribution in [0.5, 0.6) is 0 Å². The first-order valence-corrected chi connectivity index (χ1v) is 7.65. The molecule has 0 fully saturated rings. The zero-order valence-electron chi connectivity index (χ0n) is 11.0. The Hall–Kier alpha value is -0.670. The van der Waals surface area contributed by atoms with Crippen molar-refractivity contribution < 1.29 is 0 Å². The first-order valence-electron chi connectivity index (χ1n) is 6.25. The van der Waals surface area contributed by atoms with Gasteiger partial charge in [-0.15, -0.1) is 0 Å². The van der Waals surface area contributed by atoms with Crippen LogP contribution in [0.3, 0.4) is 0 Å². The number of anilines is 1. The van der Waals surface area contributed by atoms with Gasteiger partial charge in [0, 0.05) is 30.6 Å². The summed E-state index contributed by atoms with van der Waals surface area (Å²) in [5, 5.41) is 3.41. The van der Waals surface area contributed by atoms with Gasteiger partial charge in [-0.1, -0.05) is 12.1 Å². The van der Waals surface area contributed by atoms with E-state index in [0.717, 1.165) is 13.1 Å². The highest BCUT2D eigenvalue weighted by Gasteiger charge is 2.12. The van der Waals surface area contributed by atoms with Crippen LogP contribution < -0.4 is 5.32 Å². The van der Waals surface area contributed by atoms with Crippen LogP contribution in [0.15, 0.2) is 18.2 Å². The van der Waals surface area contributed by atoms with E-state index in [1.807, 2.05) is 11.8 Å². The first-order chi connectivity index (χ1) is 8.20. The van der Waals surface area contributed by atoms with Gasteiger partial charge >= 0.3 is 0 Å². The lowest BCUT2D eigenvalue weighted by Crippen LogP contribution is -2.30. The first kappa shape index (κ1) is 12.8. The number of hydrogen-bond acceptors (Lipinski definition) is 3. The van der Waals surface area contributed by atoms with Gasteiger partial charge < -0.3 is 5.32 Å². The van der Waals surface area contributed by atoms with Crippen LogP contribution in [0.4, 0.5) is 5.69 Å². The molecule has 0 aliphatic carbocycles. The fraction of sp³-hybridized carbons (Fsp3) is 0.571. The van der Waals surface area contributed by atoms with Gasteiger partial charge in [0.15, 0.2) is 0 Å². The lowest BCUT2D eigenvalue weighted by atomic mass is 10.1. The summed E-state index contributed by atoms with van der Waals surface area (Å²) in [4.78, 5) is 2.43. The molecule has 3 heteroatoms. The van der Waals surface area contributed by atoms with Crippen LogP contribution in [0.25, 0.3) is 0 Å². The zero-order valence-corrected chi connectivity index (χ0v) is 11.8. The van der Waals surface area contributed by atoms with Crippen molar-refractivity contribution in [3.05, 3.63) is 29.3 Å². The second kappa shape index (κ2) is 5.78. The molecule has 1 aromatic carbocycles. The summed E-state index contributed by atoms with van der Waals surface area (Å²) in [5.41, 5.74) is 4.24. The molecular weight excluding hydrogens is 228 g/mol. The van der Waals surface area contributed by atoms with Crippen LogP contribution in [0, 0.1) is 0 Å². The predicted molar refractivity (Wildman–Crippen MR) is 77.9 cm³/mol. The molecule has 0 saturated carbocycles. The van der Waals surface area contributed by atoms with Gasteiger partial charge in [-0.25, -0.2) is 0 Å². The average Bonchev–Trinajstić information content (AvgIpc) is 2.76. The van der Waals surface area contributed by atoms with Crippen LogP contribution in [0.1, 0.15) is 18.1 Å². The molecule has 0 bridgehead atoms. The molecule has 1 aliphatic rings. The second-order valence-corrected chi connectivity index (χ2v) is 5.80. The molecule has 0 aromatic heterocycles. The molecule has 0 spiro atoms. The molecule has 2 nitrogen and oxygen atoms in total. The van der Waals surface area contributed by atoms with E-state index in [9.17, 15) is 0 Å². The Morgan fingerprint density at radius 1 is 1.47 bits per heavy atom. The van der Waals surface area contributed by atoms with Gasteiger partial charge in [-0.05, 0) is 43.8 Å². The number of rotatable bonds is 5. The number of benzene rings is 1. The van der Waals surface area contributed by atoms with Gasteiger partial charge in [0.1, 0.15) is 0 Å². The SMILES string of the molecule is CSCC(C)N(C)Cc1ccc2c(c1)CCN2. The predicted octanol–water partition coefficient (Wildman–Crippen LogP) is 2.84. The summed E-state index contributed by atoms with van der Waals surface area (Å²) in [6.45, 7) is 4.44.